The molecule has 2 aromatic carbocycles. The van der Waals surface area contributed by atoms with Crippen molar-refractivity contribution >= 4 is 41.0 Å². The molecule has 0 bridgehead atoms. The third kappa shape index (κ3) is 5.45. The first-order chi connectivity index (χ1) is 15.9. The number of esters is 1. The van der Waals surface area contributed by atoms with Crippen molar-refractivity contribution in [2.75, 3.05) is 13.7 Å². The van der Waals surface area contributed by atoms with E-state index in [4.69, 9.17) is 21.1 Å². The van der Waals surface area contributed by atoms with Crippen molar-refractivity contribution in [2.45, 2.75) is 19.0 Å². The molecule has 1 aliphatic heterocycles. The van der Waals surface area contributed by atoms with Crippen LogP contribution in [0.2, 0.25) is 5.02 Å². The molecular formula is C25H22ClNO5S. The van der Waals surface area contributed by atoms with Gasteiger partial charge in [0.05, 0.1) is 7.11 Å². The second-order valence-corrected chi connectivity index (χ2v) is 9.03. The lowest BCUT2D eigenvalue weighted by Crippen LogP contribution is -2.37. The molecule has 3 aromatic rings. The molecule has 1 atom stereocenters. The summed E-state index contributed by atoms with van der Waals surface area (Å²) in [5, 5.41) is 10.8. The van der Waals surface area contributed by atoms with Crippen LogP contribution in [0.25, 0.3) is 6.08 Å². The molecule has 1 aromatic heterocycles. The van der Waals surface area contributed by atoms with E-state index in [2.05, 4.69) is 0 Å². The monoisotopic (exact) mass is 483 g/mol. The van der Waals surface area contributed by atoms with Crippen molar-refractivity contribution in [2.24, 2.45) is 0 Å². The molecule has 4 rings (SSSR count). The van der Waals surface area contributed by atoms with Crippen LogP contribution in [-0.4, -0.2) is 35.6 Å². The van der Waals surface area contributed by atoms with Crippen LogP contribution < -0.4 is 9.47 Å². The summed E-state index contributed by atoms with van der Waals surface area (Å²) < 4.78 is 10.6. The number of ether oxygens (including phenoxy) is 2. The van der Waals surface area contributed by atoms with Crippen molar-refractivity contribution in [3.63, 3.8) is 0 Å². The van der Waals surface area contributed by atoms with Gasteiger partial charge in [-0.05, 0) is 53.5 Å². The standard InChI is InChI=1S/C25H22ClNO5S/c1-31-18-9-6-16(7-10-18)8-11-22(28)32-23-14-17-15-27(13-12-21(17)33-23)24(25(29)30)19-4-2-3-5-20(19)26/h2-11,14,24H,12-13,15H2,1H3,(H,29,30). The maximum Gasteiger partial charge on any atom is 0.336 e. The number of carbonyl (C=O) groups excluding carboxylic acids is 1. The number of aliphatic carboxylic acids is 1. The Morgan fingerprint density at radius 1 is 1.18 bits per heavy atom. The smallest absolute Gasteiger partial charge is 0.336 e. The molecule has 0 saturated carbocycles. The molecule has 33 heavy (non-hydrogen) atoms. The minimum Gasteiger partial charge on any atom is -0.497 e. The van der Waals surface area contributed by atoms with Gasteiger partial charge < -0.3 is 14.6 Å². The predicted molar refractivity (Wildman–Crippen MR) is 128 cm³/mol. The summed E-state index contributed by atoms with van der Waals surface area (Å²) in [6, 6.07) is 15.3. The van der Waals surface area contributed by atoms with Crippen LogP contribution in [-0.2, 0) is 22.6 Å². The summed E-state index contributed by atoms with van der Waals surface area (Å²) in [7, 11) is 1.60. The van der Waals surface area contributed by atoms with Crippen molar-refractivity contribution < 1.29 is 24.2 Å². The maximum atomic E-state index is 12.3. The maximum absolute atomic E-state index is 12.3. The molecule has 170 valence electrons. The quantitative estimate of drug-likeness (QED) is 0.367. The van der Waals surface area contributed by atoms with Crippen molar-refractivity contribution in [3.05, 3.63) is 87.3 Å². The second-order valence-electron chi connectivity index (χ2n) is 7.52. The molecule has 0 radical (unpaired) electrons. The molecule has 0 amide bonds. The van der Waals surface area contributed by atoms with E-state index in [9.17, 15) is 14.7 Å². The van der Waals surface area contributed by atoms with Crippen LogP contribution in [0.1, 0.15) is 27.6 Å². The van der Waals surface area contributed by atoms with E-state index in [-0.39, 0.29) is 0 Å². The van der Waals surface area contributed by atoms with Gasteiger partial charge in [0.25, 0.3) is 0 Å². The van der Waals surface area contributed by atoms with Gasteiger partial charge in [0, 0.05) is 29.1 Å². The van der Waals surface area contributed by atoms with Gasteiger partial charge in [-0.2, -0.15) is 0 Å². The van der Waals surface area contributed by atoms with Crippen LogP contribution in [0.15, 0.2) is 60.7 Å². The zero-order valence-electron chi connectivity index (χ0n) is 17.9. The summed E-state index contributed by atoms with van der Waals surface area (Å²) in [4.78, 5) is 27.3. The number of benzene rings is 2. The Labute approximate surface area is 200 Å². The number of thiophene rings is 1. The van der Waals surface area contributed by atoms with Crippen LogP contribution in [0.5, 0.6) is 10.8 Å². The number of carboxylic acids is 1. The molecule has 1 unspecified atom stereocenters. The Balaban J connectivity index is 1.44. The average molecular weight is 484 g/mol. The number of carbonyl (C=O) groups is 2. The molecule has 6 nitrogen and oxygen atoms in total. The molecule has 0 spiro atoms. The van der Waals surface area contributed by atoms with Crippen LogP contribution in [0.3, 0.4) is 0 Å². The lowest BCUT2D eigenvalue weighted by molar-refractivity contribution is -0.144. The number of hydrogen-bond donors (Lipinski definition) is 1. The van der Waals surface area contributed by atoms with Crippen LogP contribution >= 0.6 is 22.9 Å². The summed E-state index contributed by atoms with van der Waals surface area (Å²) in [5.74, 6) is -0.675. The van der Waals surface area contributed by atoms with E-state index < -0.39 is 18.0 Å². The molecule has 0 aliphatic carbocycles. The topological polar surface area (TPSA) is 76.1 Å². The van der Waals surface area contributed by atoms with Gasteiger partial charge in [-0.3, -0.25) is 9.69 Å². The Bertz CT molecular complexity index is 1190. The molecule has 1 N–H and O–H groups in total. The fourth-order valence-electron chi connectivity index (χ4n) is 3.79. The highest BCUT2D eigenvalue weighted by molar-refractivity contribution is 7.14. The number of methoxy groups -OCH3 is 1. The summed E-state index contributed by atoms with van der Waals surface area (Å²) in [6.45, 7) is 1.01. The zero-order chi connectivity index (χ0) is 23.4. The highest BCUT2D eigenvalue weighted by atomic mass is 35.5. The first-order valence-corrected chi connectivity index (χ1v) is 11.5. The minimum absolute atomic E-state index is 0.430. The first-order valence-electron chi connectivity index (χ1n) is 10.3. The van der Waals surface area contributed by atoms with E-state index in [1.807, 2.05) is 35.2 Å². The lowest BCUT2D eigenvalue weighted by Gasteiger charge is -2.32. The summed E-state index contributed by atoms with van der Waals surface area (Å²) >= 11 is 7.69. The summed E-state index contributed by atoms with van der Waals surface area (Å²) in [6.07, 6.45) is 3.73. The Morgan fingerprint density at radius 2 is 1.94 bits per heavy atom. The van der Waals surface area contributed by atoms with Crippen LogP contribution in [0, 0.1) is 0 Å². The normalized spacial score (nSPS) is 14.6. The van der Waals surface area contributed by atoms with Gasteiger partial charge in [-0.25, -0.2) is 4.79 Å². The SMILES string of the molecule is COc1ccc(C=CC(=O)Oc2cc3c(s2)CCN(C(C(=O)O)c2ccccc2Cl)C3)cc1. The second kappa shape index (κ2) is 10.2. The number of carboxylic acid groups (broad SMARTS) is 1. The Morgan fingerprint density at radius 3 is 2.64 bits per heavy atom. The van der Waals surface area contributed by atoms with E-state index in [1.54, 1.807) is 37.5 Å². The van der Waals surface area contributed by atoms with Gasteiger partial charge >= 0.3 is 11.9 Å². The molecule has 8 heteroatoms. The fourth-order valence-corrected chi connectivity index (χ4v) is 5.05. The Kier molecular flexibility index (Phi) is 7.13. The zero-order valence-corrected chi connectivity index (χ0v) is 19.4. The van der Waals surface area contributed by atoms with Crippen molar-refractivity contribution in [3.8, 4) is 10.8 Å². The van der Waals surface area contributed by atoms with Crippen molar-refractivity contribution in [1.29, 1.82) is 0 Å². The van der Waals surface area contributed by atoms with Crippen molar-refractivity contribution in [1.82, 2.24) is 4.90 Å². The molecule has 0 saturated heterocycles. The fraction of sp³-hybridized carbons (Fsp3) is 0.200. The van der Waals surface area contributed by atoms with E-state index in [0.717, 1.165) is 21.8 Å². The third-order valence-electron chi connectivity index (χ3n) is 5.40. The molecule has 2 heterocycles. The molecule has 1 aliphatic rings. The van der Waals surface area contributed by atoms with E-state index in [0.29, 0.717) is 35.2 Å². The highest BCUT2D eigenvalue weighted by Crippen LogP contribution is 2.37. The highest BCUT2D eigenvalue weighted by Gasteiger charge is 2.32. The Hall–Kier alpha value is -3.13. The average Bonchev–Trinajstić information content (AvgIpc) is 3.20. The van der Waals surface area contributed by atoms with Gasteiger partial charge in [0.1, 0.15) is 11.8 Å². The van der Waals surface area contributed by atoms with Crippen LogP contribution in [0.4, 0.5) is 0 Å². The lowest BCUT2D eigenvalue weighted by atomic mass is 10.0. The molecular weight excluding hydrogens is 462 g/mol. The first kappa shape index (κ1) is 23.0. The minimum atomic E-state index is -0.947. The number of hydrogen-bond acceptors (Lipinski definition) is 6. The van der Waals surface area contributed by atoms with Gasteiger partial charge in [-0.15, -0.1) is 11.3 Å². The van der Waals surface area contributed by atoms with E-state index in [1.165, 1.54) is 17.4 Å². The predicted octanol–water partition coefficient (Wildman–Crippen LogP) is 5.21. The van der Waals surface area contributed by atoms with E-state index >= 15 is 0 Å². The summed E-state index contributed by atoms with van der Waals surface area (Å²) in [5.41, 5.74) is 2.39. The number of fused-ring (bicyclic) bond motifs is 1. The molecule has 0 fully saturated rings. The largest absolute Gasteiger partial charge is 0.497 e. The van der Waals surface area contributed by atoms with Gasteiger partial charge in [0.15, 0.2) is 5.06 Å². The number of nitrogens with zero attached hydrogens (tertiary/aromatic N) is 1. The third-order valence-corrected chi connectivity index (χ3v) is 6.86. The number of rotatable bonds is 7. The van der Waals surface area contributed by atoms with Gasteiger partial charge in [0.2, 0.25) is 0 Å². The van der Waals surface area contributed by atoms with Gasteiger partial charge in [-0.1, -0.05) is 41.9 Å². The number of halogens is 1.